The monoisotopic (exact) mass is 243 g/mol. The second-order valence-electron chi connectivity index (χ2n) is 5.69. The lowest BCUT2D eigenvalue weighted by Crippen LogP contribution is -2.45. The number of carbonyl (C=O) groups is 1. The van der Waals surface area contributed by atoms with Gasteiger partial charge in [-0.3, -0.25) is 4.79 Å². The van der Waals surface area contributed by atoms with Crippen molar-refractivity contribution in [3.63, 3.8) is 0 Å². The van der Waals surface area contributed by atoms with E-state index in [1.54, 1.807) is 0 Å². The number of rotatable bonds is 5. The summed E-state index contributed by atoms with van der Waals surface area (Å²) >= 11 is 0. The van der Waals surface area contributed by atoms with Crippen LogP contribution in [0.4, 0.5) is 0 Å². The molecule has 0 aromatic rings. The molecule has 1 aliphatic heterocycles. The van der Waals surface area contributed by atoms with Gasteiger partial charge in [0.1, 0.15) is 6.04 Å². The maximum absolute atomic E-state index is 11.6. The van der Waals surface area contributed by atoms with Crippen LogP contribution in [-0.2, 0) is 14.3 Å². The molecule has 0 bridgehead atoms. The maximum atomic E-state index is 11.6. The molecule has 0 saturated carbocycles. The van der Waals surface area contributed by atoms with Gasteiger partial charge in [0.25, 0.3) is 0 Å². The largest absolute Gasteiger partial charge is 0.468 e. The Hall–Kier alpha value is -0.610. The van der Waals surface area contributed by atoms with Crippen LogP contribution in [0.5, 0.6) is 0 Å². The molecule has 2 atom stereocenters. The average Bonchev–Trinajstić information content (AvgIpc) is 2.57. The van der Waals surface area contributed by atoms with Crippen LogP contribution in [0.3, 0.4) is 0 Å². The Labute approximate surface area is 104 Å². The number of hydrogen-bond donors (Lipinski definition) is 1. The Balaban J connectivity index is 2.40. The van der Waals surface area contributed by atoms with E-state index in [2.05, 4.69) is 19.2 Å². The first kappa shape index (κ1) is 14.5. The van der Waals surface area contributed by atoms with Crippen LogP contribution in [0.2, 0.25) is 0 Å². The Bertz CT molecular complexity index is 263. The molecule has 0 aliphatic carbocycles. The van der Waals surface area contributed by atoms with Gasteiger partial charge in [0.2, 0.25) is 0 Å². The van der Waals surface area contributed by atoms with E-state index in [4.69, 9.17) is 9.47 Å². The molecule has 4 nitrogen and oxygen atoms in total. The van der Waals surface area contributed by atoms with Crippen LogP contribution in [0, 0.1) is 5.92 Å². The number of esters is 1. The fourth-order valence-corrected chi connectivity index (χ4v) is 2.20. The molecule has 1 rings (SSSR count). The summed E-state index contributed by atoms with van der Waals surface area (Å²) in [5.41, 5.74) is -0.0229. The van der Waals surface area contributed by atoms with Crippen LogP contribution in [0.25, 0.3) is 0 Å². The topological polar surface area (TPSA) is 47.6 Å². The Morgan fingerprint density at radius 2 is 2.18 bits per heavy atom. The molecule has 1 fully saturated rings. The fraction of sp³-hybridized carbons (Fsp3) is 0.923. The van der Waals surface area contributed by atoms with Crippen molar-refractivity contribution >= 4 is 5.97 Å². The lowest BCUT2D eigenvalue weighted by molar-refractivity contribution is -0.144. The van der Waals surface area contributed by atoms with Crippen molar-refractivity contribution in [3.8, 4) is 0 Å². The van der Waals surface area contributed by atoms with Gasteiger partial charge in [-0.15, -0.1) is 0 Å². The first-order valence-electron chi connectivity index (χ1n) is 6.35. The van der Waals surface area contributed by atoms with Gasteiger partial charge in [0, 0.05) is 6.54 Å². The molecule has 0 aromatic carbocycles. The first-order chi connectivity index (χ1) is 7.85. The molecule has 1 aliphatic rings. The fourth-order valence-electron chi connectivity index (χ4n) is 2.20. The van der Waals surface area contributed by atoms with Crippen LogP contribution in [-0.4, -0.2) is 37.4 Å². The average molecular weight is 243 g/mol. The normalized spacial score (nSPS) is 24.9. The number of nitrogens with one attached hydrogen (secondary N) is 1. The summed E-state index contributed by atoms with van der Waals surface area (Å²) in [7, 11) is 1.43. The summed E-state index contributed by atoms with van der Waals surface area (Å²) in [4.78, 5) is 11.6. The predicted molar refractivity (Wildman–Crippen MR) is 66.8 cm³/mol. The maximum Gasteiger partial charge on any atom is 0.323 e. The predicted octanol–water partition coefficient (Wildman–Crippen LogP) is 1.73. The summed E-state index contributed by atoms with van der Waals surface area (Å²) in [6, 6.07) is -0.243. The molecule has 0 radical (unpaired) electrons. The molecule has 0 spiro atoms. The van der Waals surface area contributed by atoms with Gasteiger partial charge in [-0.25, -0.2) is 0 Å². The minimum absolute atomic E-state index is 0.0229. The summed E-state index contributed by atoms with van der Waals surface area (Å²) in [5.74, 6) is 0.0223. The van der Waals surface area contributed by atoms with Crippen molar-refractivity contribution in [2.45, 2.75) is 58.3 Å². The smallest absolute Gasteiger partial charge is 0.323 e. The van der Waals surface area contributed by atoms with Crippen molar-refractivity contribution in [2.24, 2.45) is 5.92 Å². The van der Waals surface area contributed by atoms with Crippen molar-refractivity contribution < 1.29 is 14.3 Å². The molecule has 1 saturated heterocycles. The second kappa shape index (κ2) is 5.83. The third-order valence-corrected chi connectivity index (χ3v) is 3.24. The van der Waals surface area contributed by atoms with E-state index in [1.165, 1.54) is 7.11 Å². The molecule has 2 unspecified atom stereocenters. The second-order valence-corrected chi connectivity index (χ2v) is 5.69. The van der Waals surface area contributed by atoms with Crippen molar-refractivity contribution in [1.29, 1.82) is 0 Å². The SMILES string of the molecule is COC(=O)C(NCC1CCC(C)(C)O1)C(C)C. The van der Waals surface area contributed by atoms with Crippen LogP contribution < -0.4 is 5.32 Å². The van der Waals surface area contributed by atoms with Crippen LogP contribution >= 0.6 is 0 Å². The summed E-state index contributed by atoms with van der Waals surface area (Å²) in [6.07, 6.45) is 2.33. The zero-order valence-electron chi connectivity index (χ0n) is 11.6. The number of hydrogen-bond acceptors (Lipinski definition) is 4. The highest BCUT2D eigenvalue weighted by Crippen LogP contribution is 2.28. The summed E-state index contributed by atoms with van der Waals surface area (Å²) in [6.45, 7) is 8.93. The molecule has 1 heterocycles. The Morgan fingerprint density at radius 3 is 2.59 bits per heavy atom. The lowest BCUT2D eigenvalue weighted by Gasteiger charge is -2.23. The first-order valence-corrected chi connectivity index (χ1v) is 6.35. The van der Waals surface area contributed by atoms with E-state index < -0.39 is 0 Å². The highest BCUT2D eigenvalue weighted by atomic mass is 16.5. The Kier molecular flexibility index (Phi) is 4.95. The van der Waals surface area contributed by atoms with Crippen molar-refractivity contribution in [3.05, 3.63) is 0 Å². The van der Waals surface area contributed by atoms with Crippen LogP contribution in [0.1, 0.15) is 40.5 Å². The summed E-state index contributed by atoms with van der Waals surface area (Å²) < 4.78 is 10.7. The van der Waals surface area contributed by atoms with Gasteiger partial charge in [-0.2, -0.15) is 0 Å². The van der Waals surface area contributed by atoms with Gasteiger partial charge in [-0.1, -0.05) is 13.8 Å². The molecule has 0 aromatic heterocycles. The third kappa shape index (κ3) is 4.28. The van der Waals surface area contributed by atoms with Gasteiger partial charge >= 0.3 is 5.97 Å². The minimum Gasteiger partial charge on any atom is -0.468 e. The highest BCUT2D eigenvalue weighted by molar-refractivity contribution is 5.75. The highest BCUT2D eigenvalue weighted by Gasteiger charge is 2.32. The number of methoxy groups -OCH3 is 1. The standard InChI is InChI=1S/C13H25NO3/c1-9(2)11(12(15)16-5)14-8-10-6-7-13(3,4)17-10/h9-11,14H,6-8H2,1-5H3. The number of ether oxygens (including phenoxy) is 2. The number of carbonyl (C=O) groups excluding carboxylic acids is 1. The van der Waals surface area contributed by atoms with Gasteiger partial charge < -0.3 is 14.8 Å². The molecular weight excluding hydrogens is 218 g/mol. The van der Waals surface area contributed by atoms with Crippen molar-refractivity contribution in [1.82, 2.24) is 5.32 Å². The molecule has 100 valence electrons. The van der Waals surface area contributed by atoms with Gasteiger partial charge in [0.05, 0.1) is 18.8 Å². The van der Waals surface area contributed by atoms with E-state index in [9.17, 15) is 4.79 Å². The molecule has 1 N–H and O–H groups in total. The minimum atomic E-state index is -0.243. The lowest BCUT2D eigenvalue weighted by atomic mass is 10.0. The van der Waals surface area contributed by atoms with E-state index in [0.717, 1.165) is 12.8 Å². The quantitative estimate of drug-likeness (QED) is 0.747. The molecule has 17 heavy (non-hydrogen) atoms. The molecule has 4 heteroatoms. The zero-order valence-corrected chi connectivity index (χ0v) is 11.6. The van der Waals surface area contributed by atoms with E-state index >= 15 is 0 Å². The molecular formula is C13H25NO3. The summed E-state index contributed by atoms with van der Waals surface area (Å²) in [5, 5.41) is 3.25. The third-order valence-electron chi connectivity index (χ3n) is 3.24. The van der Waals surface area contributed by atoms with Gasteiger partial charge in [0.15, 0.2) is 0 Å². The van der Waals surface area contributed by atoms with E-state index in [-0.39, 0.29) is 29.6 Å². The van der Waals surface area contributed by atoms with Crippen molar-refractivity contribution in [2.75, 3.05) is 13.7 Å². The van der Waals surface area contributed by atoms with E-state index in [1.807, 2.05) is 13.8 Å². The Morgan fingerprint density at radius 1 is 1.53 bits per heavy atom. The molecule has 0 amide bonds. The van der Waals surface area contributed by atoms with E-state index in [0.29, 0.717) is 6.54 Å². The zero-order chi connectivity index (χ0) is 13.1. The van der Waals surface area contributed by atoms with Gasteiger partial charge in [-0.05, 0) is 32.6 Å². The van der Waals surface area contributed by atoms with Crippen LogP contribution in [0.15, 0.2) is 0 Å².